The van der Waals surface area contributed by atoms with E-state index in [-0.39, 0.29) is 23.1 Å². The van der Waals surface area contributed by atoms with Gasteiger partial charge in [0.1, 0.15) is 5.56 Å². The van der Waals surface area contributed by atoms with Crippen LogP contribution in [0.1, 0.15) is 47.8 Å². The van der Waals surface area contributed by atoms with Crippen LogP contribution >= 0.6 is 0 Å². The van der Waals surface area contributed by atoms with Gasteiger partial charge in [0.15, 0.2) is 0 Å². The van der Waals surface area contributed by atoms with Crippen LogP contribution in [0.2, 0.25) is 0 Å². The molecule has 1 amide bonds. The molecule has 2 aromatic rings. The molecular formula is C20H28N4O2. The molecule has 2 aromatic heterocycles. The molecule has 1 N–H and O–H groups in total. The SMILES string of the molecule is Cn1cccc1C(CNC(=O)c1cccn(C)c1=O)N1CCCCCC1. The Kier molecular flexibility index (Phi) is 5.93. The number of carbonyl (C=O) groups excluding carboxylic acids is 1. The van der Waals surface area contributed by atoms with E-state index < -0.39 is 0 Å². The highest BCUT2D eigenvalue weighted by Crippen LogP contribution is 2.24. The lowest BCUT2D eigenvalue weighted by Gasteiger charge is -2.31. The second-order valence-electron chi connectivity index (χ2n) is 7.06. The predicted molar refractivity (Wildman–Crippen MR) is 102 cm³/mol. The Balaban J connectivity index is 1.77. The van der Waals surface area contributed by atoms with Crippen LogP contribution in [0.3, 0.4) is 0 Å². The Morgan fingerprint density at radius 1 is 1.04 bits per heavy atom. The van der Waals surface area contributed by atoms with Gasteiger partial charge in [0, 0.05) is 38.7 Å². The second kappa shape index (κ2) is 8.36. The topological polar surface area (TPSA) is 59.3 Å². The number of rotatable bonds is 5. The van der Waals surface area contributed by atoms with Crippen LogP contribution in [0.5, 0.6) is 0 Å². The molecule has 1 saturated heterocycles. The summed E-state index contributed by atoms with van der Waals surface area (Å²) in [5.74, 6) is -0.305. The van der Waals surface area contributed by atoms with Gasteiger partial charge in [-0.25, -0.2) is 0 Å². The Bertz CT molecular complexity index is 800. The number of amides is 1. The summed E-state index contributed by atoms with van der Waals surface area (Å²) in [5, 5.41) is 2.99. The predicted octanol–water partition coefficient (Wildman–Crippen LogP) is 2.07. The molecule has 1 unspecified atom stereocenters. The maximum atomic E-state index is 12.6. The van der Waals surface area contributed by atoms with Crippen molar-refractivity contribution in [2.75, 3.05) is 19.6 Å². The zero-order chi connectivity index (χ0) is 18.5. The summed E-state index contributed by atoms with van der Waals surface area (Å²) in [5.41, 5.74) is 1.11. The number of nitrogens with zero attached hydrogens (tertiary/aromatic N) is 3. The van der Waals surface area contributed by atoms with E-state index in [0.29, 0.717) is 6.54 Å². The van der Waals surface area contributed by atoms with Crippen LogP contribution in [0, 0.1) is 0 Å². The van der Waals surface area contributed by atoms with Crippen LogP contribution in [-0.4, -0.2) is 39.6 Å². The molecule has 0 saturated carbocycles. The van der Waals surface area contributed by atoms with Gasteiger partial charge in [-0.15, -0.1) is 0 Å². The standard InChI is InChI=1S/C20H28N4O2/c1-22-11-8-10-17(22)18(24-13-5-3-4-6-14-24)15-21-19(25)16-9-7-12-23(2)20(16)26/h7-12,18H,3-6,13-15H2,1-2H3,(H,21,25). The second-order valence-corrected chi connectivity index (χ2v) is 7.06. The van der Waals surface area contributed by atoms with E-state index in [1.54, 1.807) is 25.4 Å². The summed E-state index contributed by atoms with van der Waals surface area (Å²) in [4.78, 5) is 27.2. The first-order valence-corrected chi connectivity index (χ1v) is 9.37. The highest BCUT2D eigenvalue weighted by molar-refractivity contribution is 5.93. The fraction of sp³-hybridized carbons (Fsp3) is 0.500. The van der Waals surface area contributed by atoms with Gasteiger partial charge in [0.2, 0.25) is 0 Å². The Labute approximate surface area is 154 Å². The molecule has 1 fully saturated rings. The van der Waals surface area contributed by atoms with Gasteiger partial charge in [0.05, 0.1) is 6.04 Å². The van der Waals surface area contributed by atoms with Crippen molar-refractivity contribution in [2.45, 2.75) is 31.7 Å². The Morgan fingerprint density at radius 2 is 1.69 bits per heavy atom. The molecule has 1 aliphatic heterocycles. The normalized spacial score (nSPS) is 16.8. The average Bonchev–Trinajstić information content (AvgIpc) is 2.88. The first-order valence-electron chi connectivity index (χ1n) is 9.37. The van der Waals surface area contributed by atoms with Crippen molar-refractivity contribution in [2.24, 2.45) is 14.1 Å². The molecule has 6 nitrogen and oxygen atoms in total. The van der Waals surface area contributed by atoms with Crippen LogP contribution in [-0.2, 0) is 14.1 Å². The number of hydrogen-bond acceptors (Lipinski definition) is 3. The van der Waals surface area contributed by atoms with E-state index in [4.69, 9.17) is 0 Å². The minimum Gasteiger partial charge on any atom is -0.353 e. The monoisotopic (exact) mass is 356 g/mol. The molecule has 3 heterocycles. The Morgan fingerprint density at radius 3 is 2.35 bits per heavy atom. The summed E-state index contributed by atoms with van der Waals surface area (Å²) in [6, 6.07) is 7.57. The van der Waals surface area contributed by atoms with Crippen molar-refractivity contribution in [1.29, 1.82) is 0 Å². The van der Waals surface area contributed by atoms with Gasteiger partial charge < -0.3 is 14.5 Å². The van der Waals surface area contributed by atoms with Gasteiger partial charge >= 0.3 is 0 Å². The minimum absolute atomic E-state index is 0.115. The van der Waals surface area contributed by atoms with Crippen molar-refractivity contribution < 1.29 is 4.79 Å². The number of aromatic nitrogens is 2. The summed E-state index contributed by atoms with van der Waals surface area (Å²) < 4.78 is 3.54. The highest BCUT2D eigenvalue weighted by atomic mass is 16.2. The van der Waals surface area contributed by atoms with E-state index in [9.17, 15) is 9.59 Å². The van der Waals surface area contributed by atoms with E-state index in [1.165, 1.54) is 35.9 Å². The van der Waals surface area contributed by atoms with Gasteiger partial charge in [0.25, 0.3) is 11.5 Å². The molecule has 6 heteroatoms. The third-order valence-electron chi connectivity index (χ3n) is 5.23. The van der Waals surface area contributed by atoms with Gasteiger partial charge in [-0.3, -0.25) is 14.5 Å². The molecule has 0 radical (unpaired) electrons. The van der Waals surface area contributed by atoms with Crippen LogP contribution in [0.15, 0.2) is 41.5 Å². The maximum Gasteiger partial charge on any atom is 0.263 e. The van der Waals surface area contributed by atoms with Crippen LogP contribution in [0.25, 0.3) is 0 Å². The van der Waals surface area contributed by atoms with Crippen molar-refractivity contribution in [3.63, 3.8) is 0 Å². The molecule has 26 heavy (non-hydrogen) atoms. The van der Waals surface area contributed by atoms with Crippen molar-refractivity contribution >= 4 is 5.91 Å². The summed E-state index contributed by atoms with van der Waals surface area (Å²) in [6.45, 7) is 2.58. The van der Waals surface area contributed by atoms with E-state index in [1.807, 2.05) is 19.3 Å². The summed E-state index contributed by atoms with van der Waals surface area (Å²) in [7, 11) is 3.69. The zero-order valence-corrected chi connectivity index (χ0v) is 15.6. The molecule has 140 valence electrons. The Hall–Kier alpha value is -2.34. The number of pyridine rings is 1. The lowest BCUT2D eigenvalue weighted by Crippen LogP contribution is -2.41. The third kappa shape index (κ3) is 4.07. The van der Waals surface area contributed by atoms with Crippen molar-refractivity contribution in [1.82, 2.24) is 19.4 Å². The van der Waals surface area contributed by atoms with Crippen molar-refractivity contribution in [3.8, 4) is 0 Å². The number of nitrogens with one attached hydrogen (secondary N) is 1. The zero-order valence-electron chi connectivity index (χ0n) is 15.6. The molecule has 3 rings (SSSR count). The summed E-state index contributed by atoms with van der Waals surface area (Å²) in [6.07, 6.45) is 8.60. The molecule has 1 aliphatic rings. The van der Waals surface area contributed by atoms with E-state index in [0.717, 1.165) is 13.1 Å². The van der Waals surface area contributed by atoms with Gasteiger partial charge in [-0.2, -0.15) is 0 Å². The van der Waals surface area contributed by atoms with E-state index in [2.05, 4.69) is 20.9 Å². The first-order chi connectivity index (χ1) is 12.6. The third-order valence-corrected chi connectivity index (χ3v) is 5.23. The molecular weight excluding hydrogens is 328 g/mol. The first kappa shape index (κ1) is 18.5. The summed E-state index contributed by atoms with van der Waals surface area (Å²) >= 11 is 0. The average molecular weight is 356 g/mol. The fourth-order valence-corrected chi connectivity index (χ4v) is 3.70. The van der Waals surface area contributed by atoms with E-state index >= 15 is 0 Å². The minimum atomic E-state index is -0.305. The number of carbonyl (C=O) groups is 1. The lowest BCUT2D eigenvalue weighted by atomic mass is 10.1. The smallest absolute Gasteiger partial charge is 0.263 e. The van der Waals surface area contributed by atoms with Gasteiger partial charge in [-0.05, 0) is 50.2 Å². The molecule has 0 bridgehead atoms. The van der Waals surface area contributed by atoms with Crippen LogP contribution < -0.4 is 10.9 Å². The lowest BCUT2D eigenvalue weighted by molar-refractivity contribution is 0.0929. The molecule has 0 aliphatic carbocycles. The molecule has 0 spiro atoms. The highest BCUT2D eigenvalue weighted by Gasteiger charge is 2.24. The maximum absolute atomic E-state index is 12.6. The fourth-order valence-electron chi connectivity index (χ4n) is 3.70. The van der Waals surface area contributed by atoms with Gasteiger partial charge in [-0.1, -0.05) is 12.8 Å². The van der Waals surface area contributed by atoms with Crippen molar-refractivity contribution in [3.05, 3.63) is 58.3 Å². The molecule has 0 aromatic carbocycles. The van der Waals surface area contributed by atoms with Crippen LogP contribution in [0.4, 0.5) is 0 Å². The number of hydrogen-bond donors (Lipinski definition) is 1. The number of likely N-dealkylation sites (tertiary alicyclic amines) is 1. The molecule has 1 atom stereocenters. The quantitative estimate of drug-likeness (QED) is 0.892. The largest absolute Gasteiger partial charge is 0.353 e. The number of aryl methyl sites for hydroxylation is 2.